The Morgan fingerprint density at radius 1 is 1.55 bits per heavy atom. The number of ether oxygens (including phenoxy) is 1. The number of anilines is 2. The fraction of sp³-hybridized carbons (Fsp3) is 0.538. The van der Waals surface area contributed by atoms with Crippen molar-refractivity contribution in [3.63, 3.8) is 0 Å². The van der Waals surface area contributed by atoms with Crippen molar-refractivity contribution < 1.29 is 9.53 Å². The van der Waals surface area contributed by atoms with Crippen LogP contribution in [0, 0.1) is 0 Å². The van der Waals surface area contributed by atoms with E-state index in [1.807, 2.05) is 11.8 Å². The lowest BCUT2D eigenvalue weighted by Gasteiger charge is -2.26. The largest absolute Gasteiger partial charge is 0.465 e. The van der Waals surface area contributed by atoms with Crippen LogP contribution in [0.1, 0.15) is 10.4 Å². The summed E-state index contributed by atoms with van der Waals surface area (Å²) in [7, 11) is 1.34. The Kier molecular flexibility index (Phi) is 5.49. The van der Waals surface area contributed by atoms with Crippen LogP contribution in [0.25, 0.3) is 0 Å². The van der Waals surface area contributed by atoms with E-state index in [0.717, 1.165) is 26.2 Å². The van der Waals surface area contributed by atoms with E-state index in [0.29, 0.717) is 17.1 Å². The van der Waals surface area contributed by atoms with Crippen LogP contribution in [0.3, 0.4) is 0 Å². The fourth-order valence-corrected chi connectivity index (χ4v) is 2.99. The average molecular weight is 296 g/mol. The van der Waals surface area contributed by atoms with Crippen LogP contribution in [-0.2, 0) is 4.74 Å². The number of carbonyl (C=O) groups excluding carboxylic acids is 1. The molecule has 2 rings (SSSR count). The minimum atomic E-state index is -0.444. The summed E-state index contributed by atoms with van der Waals surface area (Å²) in [5.41, 5.74) is 6.39. The van der Waals surface area contributed by atoms with Crippen molar-refractivity contribution in [2.45, 2.75) is 0 Å². The van der Waals surface area contributed by atoms with E-state index < -0.39 is 5.97 Å². The topological polar surface area (TPSA) is 80.5 Å². The first-order valence-corrected chi connectivity index (χ1v) is 7.74. The number of hydrogen-bond acceptors (Lipinski definition) is 7. The molecule has 7 heteroatoms. The van der Waals surface area contributed by atoms with E-state index in [1.54, 1.807) is 6.07 Å². The van der Waals surface area contributed by atoms with E-state index in [2.05, 4.69) is 19.9 Å². The van der Waals surface area contributed by atoms with Crippen LogP contribution in [-0.4, -0.2) is 60.6 Å². The van der Waals surface area contributed by atoms with E-state index in [9.17, 15) is 4.79 Å². The summed E-state index contributed by atoms with van der Waals surface area (Å²) in [6.07, 6.45) is 1.48. The van der Waals surface area contributed by atoms with E-state index in [-0.39, 0.29) is 0 Å². The van der Waals surface area contributed by atoms with Gasteiger partial charge in [-0.3, -0.25) is 4.90 Å². The molecule has 20 heavy (non-hydrogen) atoms. The Balaban J connectivity index is 1.87. The lowest BCUT2D eigenvalue weighted by atomic mass is 10.2. The molecule has 0 atom stereocenters. The molecule has 1 aromatic rings. The van der Waals surface area contributed by atoms with Crippen molar-refractivity contribution in [2.24, 2.45) is 0 Å². The van der Waals surface area contributed by atoms with E-state index >= 15 is 0 Å². The van der Waals surface area contributed by atoms with Crippen molar-refractivity contribution in [1.82, 2.24) is 9.88 Å². The molecule has 1 aromatic heterocycles. The highest BCUT2D eigenvalue weighted by Gasteiger charge is 2.12. The zero-order chi connectivity index (χ0) is 14.4. The monoisotopic (exact) mass is 296 g/mol. The lowest BCUT2D eigenvalue weighted by molar-refractivity contribution is 0.0602. The maximum atomic E-state index is 11.5. The smallest absolute Gasteiger partial charge is 0.340 e. The Hall–Kier alpha value is -1.47. The van der Waals surface area contributed by atoms with Gasteiger partial charge in [-0.05, 0) is 6.07 Å². The first kappa shape index (κ1) is 14.9. The molecule has 2 heterocycles. The Bertz CT molecular complexity index is 464. The molecule has 110 valence electrons. The summed E-state index contributed by atoms with van der Waals surface area (Å²) in [6.45, 7) is 4.03. The standard InChI is InChI=1S/C13H20N4O2S/c1-19-13(18)10-8-12(16-9-11(10)14)15-2-3-17-4-6-20-7-5-17/h8-9H,2-7,14H2,1H3,(H,15,16). The highest BCUT2D eigenvalue weighted by atomic mass is 32.2. The Labute approximate surface area is 123 Å². The van der Waals surface area contributed by atoms with Crippen molar-refractivity contribution >= 4 is 29.2 Å². The molecule has 1 saturated heterocycles. The zero-order valence-corrected chi connectivity index (χ0v) is 12.4. The van der Waals surface area contributed by atoms with Gasteiger partial charge in [0, 0.05) is 37.7 Å². The molecule has 0 saturated carbocycles. The SMILES string of the molecule is COC(=O)c1cc(NCCN2CCSCC2)ncc1N. The second-order valence-electron chi connectivity index (χ2n) is 4.53. The second kappa shape index (κ2) is 7.35. The molecule has 0 spiro atoms. The third-order valence-electron chi connectivity index (χ3n) is 3.18. The third kappa shape index (κ3) is 4.01. The number of nitrogens with two attached hydrogens (primary N) is 1. The molecule has 3 N–H and O–H groups in total. The third-order valence-corrected chi connectivity index (χ3v) is 4.12. The summed E-state index contributed by atoms with van der Waals surface area (Å²) >= 11 is 2.00. The van der Waals surface area contributed by atoms with Gasteiger partial charge in [0.15, 0.2) is 0 Å². The number of esters is 1. The summed E-state index contributed by atoms with van der Waals surface area (Å²) in [6, 6.07) is 1.63. The van der Waals surface area contributed by atoms with Gasteiger partial charge in [0.1, 0.15) is 5.82 Å². The first-order chi connectivity index (χ1) is 9.70. The van der Waals surface area contributed by atoms with Gasteiger partial charge >= 0.3 is 5.97 Å². The van der Waals surface area contributed by atoms with Gasteiger partial charge in [0.2, 0.25) is 0 Å². The molecule has 0 bridgehead atoms. The number of methoxy groups -OCH3 is 1. The van der Waals surface area contributed by atoms with Crippen LogP contribution in [0.5, 0.6) is 0 Å². The minimum absolute atomic E-state index is 0.329. The molecule has 0 aliphatic carbocycles. The average Bonchev–Trinajstić information content (AvgIpc) is 2.49. The number of aromatic nitrogens is 1. The van der Waals surface area contributed by atoms with Crippen LogP contribution in [0.4, 0.5) is 11.5 Å². The Morgan fingerprint density at radius 2 is 2.30 bits per heavy atom. The number of nitrogens with zero attached hydrogens (tertiary/aromatic N) is 2. The number of nitrogen functional groups attached to an aromatic ring is 1. The molecule has 1 fully saturated rings. The number of hydrogen-bond donors (Lipinski definition) is 2. The fourth-order valence-electron chi connectivity index (χ4n) is 2.02. The van der Waals surface area contributed by atoms with Gasteiger partial charge in [-0.1, -0.05) is 0 Å². The van der Waals surface area contributed by atoms with E-state index in [1.165, 1.54) is 24.8 Å². The molecule has 1 aliphatic heterocycles. The highest BCUT2D eigenvalue weighted by Crippen LogP contribution is 2.15. The molecule has 0 amide bonds. The maximum absolute atomic E-state index is 11.5. The van der Waals surface area contributed by atoms with Gasteiger partial charge in [0.25, 0.3) is 0 Å². The maximum Gasteiger partial charge on any atom is 0.340 e. The molecule has 0 radical (unpaired) electrons. The molecule has 6 nitrogen and oxygen atoms in total. The van der Waals surface area contributed by atoms with Crippen LogP contribution >= 0.6 is 11.8 Å². The summed E-state index contributed by atoms with van der Waals surface area (Å²) in [5.74, 6) is 2.60. The lowest BCUT2D eigenvalue weighted by Crippen LogP contribution is -2.36. The van der Waals surface area contributed by atoms with Crippen molar-refractivity contribution in [2.75, 3.05) is 55.8 Å². The molecule has 1 aliphatic rings. The van der Waals surface area contributed by atoms with Gasteiger partial charge in [0.05, 0.1) is 24.6 Å². The normalized spacial score (nSPS) is 15.8. The van der Waals surface area contributed by atoms with Gasteiger partial charge in [-0.15, -0.1) is 0 Å². The predicted molar refractivity (Wildman–Crippen MR) is 82.2 cm³/mol. The molecule has 0 aromatic carbocycles. The summed E-state index contributed by atoms with van der Waals surface area (Å²) in [4.78, 5) is 18.1. The highest BCUT2D eigenvalue weighted by molar-refractivity contribution is 7.99. The number of nitrogens with one attached hydrogen (secondary N) is 1. The van der Waals surface area contributed by atoms with Gasteiger partial charge < -0.3 is 15.8 Å². The molecule has 0 unspecified atom stereocenters. The first-order valence-electron chi connectivity index (χ1n) is 6.58. The van der Waals surface area contributed by atoms with Crippen LogP contribution in [0.2, 0.25) is 0 Å². The van der Waals surface area contributed by atoms with Crippen LogP contribution in [0.15, 0.2) is 12.3 Å². The van der Waals surface area contributed by atoms with Crippen molar-refractivity contribution in [3.8, 4) is 0 Å². The summed E-state index contributed by atoms with van der Waals surface area (Å²) in [5, 5.41) is 3.22. The van der Waals surface area contributed by atoms with Gasteiger partial charge in [-0.2, -0.15) is 11.8 Å². The van der Waals surface area contributed by atoms with Crippen molar-refractivity contribution in [3.05, 3.63) is 17.8 Å². The predicted octanol–water partition coefficient (Wildman–Crippen LogP) is 0.911. The zero-order valence-electron chi connectivity index (χ0n) is 11.6. The number of thioether (sulfide) groups is 1. The number of carbonyl (C=O) groups is 1. The van der Waals surface area contributed by atoms with E-state index in [4.69, 9.17) is 5.73 Å². The van der Waals surface area contributed by atoms with Gasteiger partial charge in [-0.25, -0.2) is 9.78 Å². The second-order valence-corrected chi connectivity index (χ2v) is 5.75. The number of pyridine rings is 1. The quantitative estimate of drug-likeness (QED) is 0.782. The van der Waals surface area contributed by atoms with Crippen molar-refractivity contribution in [1.29, 1.82) is 0 Å². The minimum Gasteiger partial charge on any atom is -0.465 e. The molecular weight excluding hydrogens is 276 g/mol. The Morgan fingerprint density at radius 3 is 3.00 bits per heavy atom. The summed E-state index contributed by atoms with van der Waals surface area (Å²) < 4.78 is 4.69. The molecular formula is C13H20N4O2S. The number of rotatable bonds is 5. The van der Waals surface area contributed by atoms with Crippen LogP contribution < -0.4 is 11.1 Å².